The Kier molecular flexibility index (Phi) is 2.67. The second kappa shape index (κ2) is 4.47. The molecular formula is C21H28O3. The molecule has 0 spiro atoms. The van der Waals surface area contributed by atoms with Crippen molar-refractivity contribution in [2.24, 2.45) is 59.2 Å². The van der Waals surface area contributed by atoms with Gasteiger partial charge in [-0.05, 0) is 72.5 Å². The number of carbonyl (C=O) groups excluding carboxylic acids is 1. The summed E-state index contributed by atoms with van der Waals surface area (Å²) in [6.45, 7) is 4.78. The fourth-order valence-electron chi connectivity index (χ4n) is 8.24. The molecule has 0 saturated heterocycles. The molecule has 0 heterocycles. The highest BCUT2D eigenvalue weighted by molar-refractivity contribution is 5.71. The fraction of sp³-hybridized carbons (Fsp3) is 0.857. The van der Waals surface area contributed by atoms with Crippen molar-refractivity contribution in [1.29, 1.82) is 0 Å². The highest BCUT2D eigenvalue weighted by Crippen LogP contribution is 2.87. The maximum atomic E-state index is 11.5. The van der Waals surface area contributed by atoms with Crippen molar-refractivity contribution >= 4 is 5.97 Å². The molecule has 130 valence electrons. The normalized spacial score (nSPS) is 56.9. The largest absolute Gasteiger partial charge is 0.463 e. The van der Waals surface area contributed by atoms with Gasteiger partial charge >= 0.3 is 5.97 Å². The van der Waals surface area contributed by atoms with Crippen molar-refractivity contribution in [1.82, 2.24) is 0 Å². The minimum absolute atomic E-state index is 0.0428. The molecule has 0 N–H and O–H groups in total. The summed E-state index contributed by atoms with van der Waals surface area (Å²) < 4.78 is 11.6. The summed E-state index contributed by atoms with van der Waals surface area (Å²) in [5.74, 6) is 8.42. The van der Waals surface area contributed by atoms with Gasteiger partial charge in [0.15, 0.2) is 0 Å². The zero-order valence-electron chi connectivity index (χ0n) is 14.7. The minimum Gasteiger partial charge on any atom is -0.463 e. The summed E-state index contributed by atoms with van der Waals surface area (Å²) in [5, 5.41) is 0. The Morgan fingerprint density at radius 2 is 2.00 bits per heavy atom. The molecule has 10 unspecified atom stereocenters. The number of hydrogen-bond acceptors (Lipinski definition) is 3. The van der Waals surface area contributed by atoms with E-state index in [-0.39, 0.29) is 17.5 Å². The first-order valence-corrected chi connectivity index (χ1v) is 10.1. The predicted molar refractivity (Wildman–Crippen MR) is 88.9 cm³/mol. The second-order valence-corrected chi connectivity index (χ2v) is 9.67. The zero-order chi connectivity index (χ0) is 16.2. The second-order valence-electron chi connectivity index (χ2n) is 9.67. The molecule has 5 fully saturated rings. The van der Waals surface area contributed by atoms with Gasteiger partial charge in [-0.25, -0.2) is 0 Å². The molecule has 6 aliphatic rings. The molecule has 0 aromatic carbocycles. The molecule has 10 atom stereocenters. The monoisotopic (exact) mass is 328 g/mol. The standard InChI is InChI=1S/C21H28O3/c1-10(2)20(22)23-6-7-24-21-9-15-16-13-8-14(12-5-3-4-11(12)13)17(16)19(21)18(15)21/h3,5,10-19H,4,6-9H2,1-2H3. The van der Waals surface area contributed by atoms with Gasteiger partial charge in [0.2, 0.25) is 0 Å². The lowest BCUT2D eigenvalue weighted by molar-refractivity contribution is -0.154. The van der Waals surface area contributed by atoms with Gasteiger partial charge in [-0.2, -0.15) is 0 Å². The van der Waals surface area contributed by atoms with E-state index in [1.54, 1.807) is 0 Å². The van der Waals surface area contributed by atoms with Crippen LogP contribution in [-0.4, -0.2) is 24.8 Å². The Morgan fingerprint density at radius 3 is 2.83 bits per heavy atom. The Balaban J connectivity index is 1.11. The third kappa shape index (κ3) is 1.48. The van der Waals surface area contributed by atoms with E-state index in [1.807, 2.05) is 13.8 Å². The predicted octanol–water partition coefficient (Wildman–Crippen LogP) is 3.29. The summed E-state index contributed by atoms with van der Waals surface area (Å²) >= 11 is 0. The maximum absolute atomic E-state index is 11.5. The van der Waals surface area contributed by atoms with E-state index in [4.69, 9.17) is 9.47 Å². The van der Waals surface area contributed by atoms with E-state index in [2.05, 4.69) is 12.2 Å². The van der Waals surface area contributed by atoms with Gasteiger partial charge in [-0.15, -0.1) is 0 Å². The molecule has 5 saturated carbocycles. The zero-order valence-corrected chi connectivity index (χ0v) is 14.7. The SMILES string of the molecule is CC(C)C(=O)OCCOC12CC3C4C5CC(C6C=CCC65)C4C1C32. The quantitative estimate of drug-likeness (QED) is 0.441. The van der Waals surface area contributed by atoms with Gasteiger partial charge in [0.05, 0.1) is 18.1 Å². The molecule has 6 aliphatic carbocycles. The number of esters is 1. The highest BCUT2D eigenvalue weighted by Gasteiger charge is 2.88. The molecule has 24 heavy (non-hydrogen) atoms. The number of allylic oxidation sites excluding steroid dienone is 2. The van der Waals surface area contributed by atoms with Crippen molar-refractivity contribution in [3.63, 3.8) is 0 Å². The molecule has 0 aromatic rings. The number of rotatable bonds is 5. The van der Waals surface area contributed by atoms with Gasteiger partial charge < -0.3 is 9.47 Å². The first kappa shape index (κ1) is 14.4. The summed E-state index contributed by atoms with van der Waals surface area (Å²) in [4.78, 5) is 11.5. The van der Waals surface area contributed by atoms with Crippen LogP contribution in [0.4, 0.5) is 0 Å². The molecule has 0 aromatic heterocycles. The van der Waals surface area contributed by atoms with E-state index in [1.165, 1.54) is 19.3 Å². The van der Waals surface area contributed by atoms with Gasteiger partial charge in [0, 0.05) is 0 Å². The Labute approximate surface area is 144 Å². The summed E-state index contributed by atoms with van der Waals surface area (Å²) in [6, 6.07) is 0. The van der Waals surface area contributed by atoms with Crippen LogP contribution in [0.1, 0.15) is 33.1 Å². The molecule has 6 rings (SSSR count). The van der Waals surface area contributed by atoms with E-state index in [0.717, 1.165) is 53.3 Å². The average Bonchev–Trinajstić information content (AvgIpc) is 3.10. The van der Waals surface area contributed by atoms with E-state index < -0.39 is 0 Å². The Morgan fingerprint density at radius 1 is 1.12 bits per heavy atom. The van der Waals surface area contributed by atoms with Crippen LogP contribution < -0.4 is 0 Å². The van der Waals surface area contributed by atoms with Crippen LogP contribution in [0.15, 0.2) is 12.2 Å². The van der Waals surface area contributed by atoms with Gasteiger partial charge in [-0.1, -0.05) is 26.0 Å². The third-order valence-corrected chi connectivity index (χ3v) is 8.78. The number of fused-ring (bicyclic) bond motifs is 11. The molecule has 0 amide bonds. The third-order valence-electron chi connectivity index (χ3n) is 8.78. The molecular weight excluding hydrogens is 300 g/mol. The van der Waals surface area contributed by atoms with Crippen molar-refractivity contribution < 1.29 is 14.3 Å². The van der Waals surface area contributed by atoms with Crippen molar-refractivity contribution in [2.75, 3.05) is 13.2 Å². The summed E-state index contributed by atoms with van der Waals surface area (Å²) in [6.07, 6.45) is 9.18. The molecule has 3 heteroatoms. The Bertz CT molecular complexity index is 625. The van der Waals surface area contributed by atoms with Gasteiger partial charge in [0.25, 0.3) is 0 Å². The van der Waals surface area contributed by atoms with Gasteiger partial charge in [-0.3, -0.25) is 4.79 Å². The highest BCUT2D eigenvalue weighted by atomic mass is 16.6. The van der Waals surface area contributed by atoms with Crippen LogP contribution >= 0.6 is 0 Å². The maximum Gasteiger partial charge on any atom is 0.308 e. The van der Waals surface area contributed by atoms with E-state index in [9.17, 15) is 4.79 Å². The van der Waals surface area contributed by atoms with Crippen LogP contribution in [0.5, 0.6) is 0 Å². The van der Waals surface area contributed by atoms with Crippen molar-refractivity contribution in [2.45, 2.75) is 38.7 Å². The lowest BCUT2D eigenvalue weighted by Gasteiger charge is -2.48. The Hall–Kier alpha value is -0.830. The lowest BCUT2D eigenvalue weighted by Crippen LogP contribution is -2.48. The minimum atomic E-state index is -0.106. The molecule has 2 bridgehead atoms. The lowest BCUT2D eigenvalue weighted by atomic mass is 9.59. The number of carbonyl (C=O) groups is 1. The van der Waals surface area contributed by atoms with Crippen LogP contribution in [-0.2, 0) is 14.3 Å². The van der Waals surface area contributed by atoms with E-state index in [0.29, 0.717) is 13.2 Å². The molecule has 0 radical (unpaired) electrons. The number of ether oxygens (including phenoxy) is 2. The van der Waals surface area contributed by atoms with Crippen LogP contribution in [0.3, 0.4) is 0 Å². The fourth-order valence-corrected chi connectivity index (χ4v) is 8.24. The van der Waals surface area contributed by atoms with Gasteiger partial charge in [0.1, 0.15) is 6.61 Å². The van der Waals surface area contributed by atoms with E-state index >= 15 is 0 Å². The molecule has 0 aliphatic heterocycles. The summed E-state index contributed by atoms with van der Waals surface area (Å²) in [5.41, 5.74) is 0.207. The topological polar surface area (TPSA) is 35.5 Å². The van der Waals surface area contributed by atoms with Crippen LogP contribution in [0.2, 0.25) is 0 Å². The van der Waals surface area contributed by atoms with Crippen molar-refractivity contribution in [3.8, 4) is 0 Å². The van der Waals surface area contributed by atoms with Crippen LogP contribution in [0, 0.1) is 59.2 Å². The molecule has 3 nitrogen and oxygen atoms in total. The number of hydrogen-bond donors (Lipinski definition) is 0. The average molecular weight is 328 g/mol. The summed E-state index contributed by atoms with van der Waals surface area (Å²) in [7, 11) is 0. The van der Waals surface area contributed by atoms with Crippen molar-refractivity contribution in [3.05, 3.63) is 12.2 Å². The first-order chi connectivity index (χ1) is 11.6. The smallest absolute Gasteiger partial charge is 0.308 e. The first-order valence-electron chi connectivity index (χ1n) is 10.1. The van der Waals surface area contributed by atoms with Crippen LogP contribution in [0.25, 0.3) is 0 Å².